The highest BCUT2D eigenvalue weighted by atomic mass is 35.5. The molecule has 0 spiro atoms. The molecule has 0 atom stereocenters. The molecule has 12 heteroatoms. The predicted octanol–water partition coefficient (Wildman–Crippen LogP) is 6.80. The van der Waals surface area contributed by atoms with Crippen LogP contribution in [-0.2, 0) is 27.5 Å². The van der Waals surface area contributed by atoms with Gasteiger partial charge in [-0.3, -0.25) is 4.79 Å². The van der Waals surface area contributed by atoms with E-state index in [1.165, 1.54) is 30.3 Å². The van der Waals surface area contributed by atoms with Crippen LogP contribution in [-0.4, -0.2) is 25.2 Å². The number of carbonyl (C=O) groups excluding carboxylic acids is 1. The molecule has 0 aliphatic rings. The lowest BCUT2D eigenvalue weighted by Gasteiger charge is -2.23. The third kappa shape index (κ3) is 6.68. The molecule has 0 saturated carbocycles. The van der Waals surface area contributed by atoms with Crippen LogP contribution in [0.1, 0.15) is 16.7 Å². The van der Waals surface area contributed by atoms with Crippen LogP contribution >= 0.6 is 34.8 Å². The van der Waals surface area contributed by atoms with Crippen molar-refractivity contribution in [2.24, 2.45) is 0 Å². The number of amides is 1. The minimum atomic E-state index is -4.74. The lowest BCUT2D eigenvalue weighted by Crippen LogP contribution is -2.37. The van der Waals surface area contributed by atoms with Gasteiger partial charge in [-0.05, 0) is 49.4 Å². The van der Waals surface area contributed by atoms with Crippen LogP contribution < -0.4 is 5.32 Å². The van der Waals surface area contributed by atoms with Crippen LogP contribution in [0.25, 0.3) is 0 Å². The van der Waals surface area contributed by atoms with Crippen molar-refractivity contribution in [3.8, 4) is 0 Å². The van der Waals surface area contributed by atoms with Gasteiger partial charge in [0, 0.05) is 27.8 Å². The molecular formula is C23H18Cl3F3N2O3S. The van der Waals surface area contributed by atoms with Crippen LogP contribution in [0.5, 0.6) is 0 Å². The molecule has 3 aromatic rings. The van der Waals surface area contributed by atoms with E-state index in [1.54, 1.807) is 25.1 Å². The zero-order chi connectivity index (χ0) is 26.0. The van der Waals surface area contributed by atoms with Gasteiger partial charge in [0.15, 0.2) is 0 Å². The maximum absolute atomic E-state index is 13.4. The number of carbonyl (C=O) groups is 1. The summed E-state index contributed by atoms with van der Waals surface area (Å²) in [4.78, 5) is 12.7. The molecule has 186 valence electrons. The molecule has 0 saturated heterocycles. The Kier molecular flexibility index (Phi) is 8.39. The summed E-state index contributed by atoms with van der Waals surface area (Å²) < 4.78 is 67.1. The number of benzene rings is 3. The van der Waals surface area contributed by atoms with Crippen LogP contribution in [0.3, 0.4) is 0 Å². The molecule has 35 heavy (non-hydrogen) atoms. The third-order valence-electron chi connectivity index (χ3n) is 4.93. The molecule has 0 fully saturated rings. The maximum Gasteiger partial charge on any atom is 0.417 e. The largest absolute Gasteiger partial charge is 0.417 e. The lowest BCUT2D eigenvalue weighted by molar-refractivity contribution is -0.137. The first-order valence-electron chi connectivity index (χ1n) is 9.95. The van der Waals surface area contributed by atoms with Crippen molar-refractivity contribution in [3.05, 3.63) is 92.4 Å². The maximum atomic E-state index is 13.4. The van der Waals surface area contributed by atoms with E-state index in [9.17, 15) is 26.4 Å². The fourth-order valence-electron chi connectivity index (χ4n) is 3.13. The normalized spacial score (nSPS) is 12.1. The summed E-state index contributed by atoms with van der Waals surface area (Å²) in [6.45, 7) is 0.713. The number of nitrogens with one attached hydrogen (secondary N) is 1. The van der Waals surface area contributed by atoms with Crippen molar-refractivity contribution in [2.45, 2.75) is 24.5 Å². The molecule has 1 amide bonds. The predicted molar refractivity (Wildman–Crippen MR) is 130 cm³/mol. The average molecular weight is 566 g/mol. The quantitative estimate of drug-likeness (QED) is 0.342. The summed E-state index contributed by atoms with van der Waals surface area (Å²) in [5.41, 5.74) is -0.241. The summed E-state index contributed by atoms with van der Waals surface area (Å²) in [6.07, 6.45) is -4.74. The Hall–Kier alpha value is -2.30. The van der Waals surface area contributed by atoms with Gasteiger partial charge in [-0.2, -0.15) is 17.5 Å². The second-order valence-corrected chi connectivity index (χ2v) is 10.7. The smallest absolute Gasteiger partial charge is 0.325 e. The van der Waals surface area contributed by atoms with Gasteiger partial charge in [-0.1, -0.05) is 58.6 Å². The summed E-state index contributed by atoms with van der Waals surface area (Å²) in [7, 11) is -4.22. The Morgan fingerprint density at radius 3 is 2.11 bits per heavy atom. The Bertz CT molecular complexity index is 1330. The Morgan fingerprint density at radius 1 is 0.943 bits per heavy atom. The number of sulfonamides is 1. The van der Waals surface area contributed by atoms with Crippen LogP contribution in [0, 0.1) is 6.92 Å². The van der Waals surface area contributed by atoms with Gasteiger partial charge < -0.3 is 5.32 Å². The molecule has 0 unspecified atom stereocenters. The molecule has 0 aromatic heterocycles. The fraction of sp³-hybridized carbons (Fsp3) is 0.174. The zero-order valence-corrected chi connectivity index (χ0v) is 21.1. The second-order valence-electron chi connectivity index (χ2n) is 7.53. The molecule has 3 aromatic carbocycles. The lowest BCUT2D eigenvalue weighted by atomic mass is 10.2. The summed E-state index contributed by atoms with van der Waals surface area (Å²) in [6, 6.07) is 13.4. The highest BCUT2D eigenvalue weighted by Crippen LogP contribution is 2.36. The van der Waals surface area contributed by atoms with Gasteiger partial charge in [-0.15, -0.1) is 0 Å². The highest BCUT2D eigenvalue weighted by Gasteiger charge is 2.34. The van der Waals surface area contributed by atoms with Crippen molar-refractivity contribution in [3.63, 3.8) is 0 Å². The van der Waals surface area contributed by atoms with Crippen molar-refractivity contribution < 1.29 is 26.4 Å². The van der Waals surface area contributed by atoms with E-state index >= 15 is 0 Å². The second kappa shape index (κ2) is 10.8. The molecule has 0 radical (unpaired) electrons. The Labute approximate surface area is 215 Å². The van der Waals surface area contributed by atoms with Gasteiger partial charge >= 0.3 is 6.18 Å². The number of nitrogens with zero attached hydrogens (tertiary/aromatic N) is 1. The van der Waals surface area contributed by atoms with Gasteiger partial charge in [0.2, 0.25) is 15.9 Å². The molecule has 5 nitrogen and oxygen atoms in total. The van der Waals surface area contributed by atoms with E-state index < -0.39 is 39.2 Å². The van der Waals surface area contributed by atoms with E-state index in [2.05, 4.69) is 5.32 Å². The first-order chi connectivity index (χ1) is 16.3. The summed E-state index contributed by atoms with van der Waals surface area (Å²) in [5, 5.41) is 2.13. The standard InChI is InChI=1S/C23H18Cl3F3N2O3S/c1-14-5-8-16(9-6-14)35(33,34)31(12-17-19(24)3-2-4-20(17)25)13-22(32)30-15-7-10-21(26)18(11-15)23(27,28)29/h2-11H,12-13H2,1H3,(H,30,32). The van der Waals surface area contributed by atoms with E-state index in [0.29, 0.717) is 6.07 Å². The minimum Gasteiger partial charge on any atom is -0.325 e. The van der Waals surface area contributed by atoms with E-state index in [1.807, 2.05) is 0 Å². The topological polar surface area (TPSA) is 66.5 Å². The average Bonchev–Trinajstić information content (AvgIpc) is 2.76. The molecular weight excluding hydrogens is 548 g/mol. The Balaban J connectivity index is 1.94. The van der Waals surface area contributed by atoms with Crippen LogP contribution in [0.2, 0.25) is 15.1 Å². The zero-order valence-electron chi connectivity index (χ0n) is 18.0. The molecule has 0 bridgehead atoms. The number of aryl methyl sites for hydroxylation is 1. The van der Waals surface area contributed by atoms with Gasteiger partial charge in [0.25, 0.3) is 0 Å². The number of alkyl halides is 3. The first-order valence-corrected chi connectivity index (χ1v) is 12.5. The Morgan fingerprint density at radius 2 is 1.54 bits per heavy atom. The van der Waals surface area contributed by atoms with Gasteiger partial charge in [-0.25, -0.2) is 8.42 Å². The molecule has 0 heterocycles. The first kappa shape index (κ1) is 27.3. The van der Waals surface area contributed by atoms with Gasteiger partial charge in [0.1, 0.15) is 0 Å². The molecule has 1 N–H and O–H groups in total. The highest BCUT2D eigenvalue weighted by molar-refractivity contribution is 7.89. The number of hydrogen-bond donors (Lipinski definition) is 1. The van der Waals surface area contributed by atoms with Crippen molar-refractivity contribution in [1.29, 1.82) is 0 Å². The third-order valence-corrected chi connectivity index (χ3v) is 7.77. The molecule has 0 aliphatic heterocycles. The number of hydrogen-bond acceptors (Lipinski definition) is 3. The number of anilines is 1. The van der Waals surface area contributed by atoms with Crippen LogP contribution in [0.15, 0.2) is 65.6 Å². The monoisotopic (exact) mass is 564 g/mol. The summed E-state index contributed by atoms with van der Waals surface area (Å²) in [5.74, 6) is -0.876. The SMILES string of the molecule is Cc1ccc(S(=O)(=O)N(CC(=O)Nc2ccc(Cl)c(C(F)(F)F)c2)Cc2c(Cl)cccc2Cl)cc1. The van der Waals surface area contributed by atoms with E-state index in [4.69, 9.17) is 34.8 Å². The van der Waals surface area contributed by atoms with Crippen molar-refractivity contribution in [2.75, 3.05) is 11.9 Å². The van der Waals surface area contributed by atoms with Crippen molar-refractivity contribution in [1.82, 2.24) is 4.31 Å². The molecule has 0 aliphatic carbocycles. The minimum absolute atomic E-state index is 0.0788. The van der Waals surface area contributed by atoms with E-state index in [0.717, 1.165) is 15.9 Å². The van der Waals surface area contributed by atoms with Crippen molar-refractivity contribution >= 4 is 56.4 Å². The number of halogens is 6. The van der Waals surface area contributed by atoms with Crippen LogP contribution in [0.4, 0.5) is 18.9 Å². The van der Waals surface area contributed by atoms with Gasteiger partial charge in [0.05, 0.1) is 22.0 Å². The summed E-state index contributed by atoms with van der Waals surface area (Å²) >= 11 is 18.0. The van der Waals surface area contributed by atoms with E-state index in [-0.39, 0.29) is 32.7 Å². The molecule has 3 rings (SSSR count). The fourth-order valence-corrected chi connectivity index (χ4v) is 5.23. The number of rotatable bonds is 7.